The Labute approximate surface area is 201 Å². The van der Waals surface area contributed by atoms with Gasteiger partial charge in [0.05, 0.1) is 16.6 Å². The van der Waals surface area contributed by atoms with Crippen molar-refractivity contribution < 1.29 is 13.2 Å². The fourth-order valence-corrected chi connectivity index (χ4v) is 5.50. The Morgan fingerprint density at radius 1 is 0.939 bits per heavy atom. The van der Waals surface area contributed by atoms with Crippen LogP contribution in [0.1, 0.15) is 40.8 Å². The minimum Gasteiger partial charge on any atom is -0.348 e. The second-order valence-electron chi connectivity index (χ2n) is 8.29. The lowest BCUT2D eigenvalue weighted by Gasteiger charge is -2.27. The van der Waals surface area contributed by atoms with E-state index in [1.165, 1.54) is 17.7 Å². The monoisotopic (exact) mass is 484 g/mol. The van der Waals surface area contributed by atoms with Gasteiger partial charge in [-0.3, -0.25) is 9.10 Å². The molecule has 0 aromatic heterocycles. The standard InChI is InChI=1S/C26H29ClN2O3S/c1-17-14-19(3)23(15-18(17)2)21(5)28-26(30)16-29(25-13-9-12-24(27)20(25)4)33(31,32)22-10-7-6-8-11-22/h6-15,21H,16H2,1-5H3,(H,28,30)/t21-/m0/s1. The van der Waals surface area contributed by atoms with Crippen LogP contribution in [0.5, 0.6) is 0 Å². The van der Waals surface area contributed by atoms with Crippen molar-refractivity contribution in [3.8, 4) is 0 Å². The summed E-state index contributed by atoms with van der Waals surface area (Å²) >= 11 is 6.28. The van der Waals surface area contributed by atoms with Gasteiger partial charge in [0.1, 0.15) is 6.54 Å². The summed E-state index contributed by atoms with van der Waals surface area (Å²) in [4.78, 5) is 13.2. The van der Waals surface area contributed by atoms with Crippen molar-refractivity contribution in [2.24, 2.45) is 0 Å². The van der Waals surface area contributed by atoms with E-state index >= 15 is 0 Å². The molecule has 0 aliphatic heterocycles. The number of benzene rings is 3. The third kappa shape index (κ3) is 5.40. The summed E-state index contributed by atoms with van der Waals surface area (Å²) < 4.78 is 28.2. The van der Waals surface area contributed by atoms with Gasteiger partial charge in [0, 0.05) is 5.02 Å². The Morgan fingerprint density at radius 3 is 2.24 bits per heavy atom. The van der Waals surface area contributed by atoms with Gasteiger partial charge in [-0.1, -0.05) is 48.0 Å². The summed E-state index contributed by atoms with van der Waals surface area (Å²) in [5.41, 5.74) is 5.36. The molecule has 0 radical (unpaired) electrons. The summed E-state index contributed by atoms with van der Waals surface area (Å²) in [6.45, 7) is 9.36. The lowest BCUT2D eigenvalue weighted by atomic mass is 9.96. The molecular weight excluding hydrogens is 456 g/mol. The molecule has 0 saturated carbocycles. The van der Waals surface area contributed by atoms with Crippen LogP contribution < -0.4 is 9.62 Å². The second kappa shape index (κ2) is 9.98. The van der Waals surface area contributed by atoms with E-state index in [2.05, 4.69) is 24.4 Å². The maximum Gasteiger partial charge on any atom is 0.264 e. The number of nitrogens with zero attached hydrogens (tertiary/aromatic N) is 1. The van der Waals surface area contributed by atoms with E-state index in [0.717, 1.165) is 21.0 Å². The third-order valence-corrected chi connectivity index (χ3v) is 8.04. The van der Waals surface area contributed by atoms with Crippen molar-refractivity contribution in [1.82, 2.24) is 5.32 Å². The summed E-state index contributed by atoms with van der Waals surface area (Å²) in [5, 5.41) is 3.39. The maximum atomic E-state index is 13.5. The molecular formula is C26H29ClN2O3S. The number of sulfonamides is 1. The first-order valence-electron chi connectivity index (χ1n) is 10.7. The first-order valence-corrected chi connectivity index (χ1v) is 12.5. The molecule has 33 heavy (non-hydrogen) atoms. The Bertz CT molecular complexity index is 1270. The van der Waals surface area contributed by atoms with Crippen molar-refractivity contribution in [3.05, 3.63) is 93.5 Å². The molecule has 0 aliphatic rings. The van der Waals surface area contributed by atoms with Crippen LogP contribution in [0.25, 0.3) is 0 Å². The zero-order chi connectivity index (χ0) is 24.3. The lowest BCUT2D eigenvalue weighted by molar-refractivity contribution is -0.120. The highest BCUT2D eigenvalue weighted by molar-refractivity contribution is 7.92. The van der Waals surface area contributed by atoms with Gasteiger partial charge < -0.3 is 5.32 Å². The summed E-state index contributed by atoms with van der Waals surface area (Å²) in [5.74, 6) is -0.404. The van der Waals surface area contributed by atoms with Crippen LogP contribution in [0, 0.1) is 27.7 Å². The number of carbonyl (C=O) groups excluding carboxylic acids is 1. The number of aryl methyl sites for hydroxylation is 3. The molecule has 0 spiro atoms. The quantitative estimate of drug-likeness (QED) is 0.471. The molecule has 0 bridgehead atoms. The Balaban J connectivity index is 1.95. The Kier molecular flexibility index (Phi) is 7.50. The van der Waals surface area contributed by atoms with Gasteiger partial charge in [0.25, 0.3) is 10.0 Å². The number of carbonyl (C=O) groups is 1. The minimum atomic E-state index is -4.00. The van der Waals surface area contributed by atoms with Gasteiger partial charge in [0.2, 0.25) is 5.91 Å². The molecule has 0 fully saturated rings. The fourth-order valence-electron chi connectivity index (χ4n) is 3.83. The van der Waals surface area contributed by atoms with Gasteiger partial charge in [-0.2, -0.15) is 0 Å². The molecule has 0 saturated heterocycles. The maximum absolute atomic E-state index is 13.5. The number of hydrogen-bond donors (Lipinski definition) is 1. The average molecular weight is 485 g/mol. The molecule has 174 valence electrons. The van der Waals surface area contributed by atoms with Crippen molar-refractivity contribution in [3.63, 3.8) is 0 Å². The first kappa shape index (κ1) is 24.8. The van der Waals surface area contributed by atoms with Gasteiger partial charge in [-0.15, -0.1) is 0 Å². The van der Waals surface area contributed by atoms with Crippen LogP contribution in [0.2, 0.25) is 5.02 Å². The van der Waals surface area contributed by atoms with Gasteiger partial charge in [-0.25, -0.2) is 8.42 Å². The zero-order valence-corrected chi connectivity index (χ0v) is 21.1. The van der Waals surface area contributed by atoms with E-state index in [1.54, 1.807) is 43.3 Å². The molecule has 1 N–H and O–H groups in total. The smallest absolute Gasteiger partial charge is 0.264 e. The highest BCUT2D eigenvalue weighted by Gasteiger charge is 2.29. The average Bonchev–Trinajstić information content (AvgIpc) is 2.77. The largest absolute Gasteiger partial charge is 0.348 e. The van der Waals surface area contributed by atoms with Crippen molar-refractivity contribution >= 4 is 33.2 Å². The van der Waals surface area contributed by atoms with Crippen LogP contribution >= 0.6 is 11.6 Å². The van der Waals surface area contributed by atoms with Crippen LogP contribution in [0.3, 0.4) is 0 Å². The number of anilines is 1. The first-order chi connectivity index (χ1) is 15.5. The highest BCUT2D eigenvalue weighted by atomic mass is 35.5. The topological polar surface area (TPSA) is 66.5 Å². The van der Waals surface area contributed by atoms with Crippen LogP contribution in [0.15, 0.2) is 65.6 Å². The predicted molar refractivity (Wildman–Crippen MR) is 134 cm³/mol. The van der Waals surface area contributed by atoms with E-state index in [9.17, 15) is 13.2 Å². The molecule has 3 rings (SSSR count). The van der Waals surface area contributed by atoms with Gasteiger partial charge in [-0.05, 0) is 86.7 Å². The molecule has 3 aromatic rings. The van der Waals surface area contributed by atoms with Crippen molar-refractivity contribution in [2.75, 3.05) is 10.8 Å². The Morgan fingerprint density at radius 2 is 1.58 bits per heavy atom. The van der Waals surface area contributed by atoms with Gasteiger partial charge in [0.15, 0.2) is 0 Å². The number of nitrogens with one attached hydrogen (secondary N) is 1. The zero-order valence-electron chi connectivity index (χ0n) is 19.5. The highest BCUT2D eigenvalue weighted by Crippen LogP contribution is 2.31. The molecule has 1 atom stereocenters. The third-order valence-electron chi connectivity index (χ3n) is 5.85. The SMILES string of the molecule is Cc1cc(C)c([C@H](C)NC(=O)CN(c2cccc(Cl)c2C)S(=O)(=O)c2ccccc2)cc1C. The predicted octanol–water partition coefficient (Wildman–Crippen LogP) is 5.65. The molecule has 0 heterocycles. The van der Waals surface area contributed by atoms with Gasteiger partial charge >= 0.3 is 0 Å². The molecule has 5 nitrogen and oxygen atoms in total. The summed E-state index contributed by atoms with van der Waals surface area (Å²) in [7, 11) is -4.00. The van der Waals surface area contributed by atoms with E-state index < -0.39 is 15.9 Å². The van der Waals surface area contributed by atoms with E-state index in [-0.39, 0.29) is 17.5 Å². The van der Waals surface area contributed by atoms with Crippen LogP contribution in [-0.4, -0.2) is 20.9 Å². The van der Waals surface area contributed by atoms with Crippen LogP contribution in [-0.2, 0) is 14.8 Å². The van der Waals surface area contributed by atoms with E-state index in [0.29, 0.717) is 16.3 Å². The second-order valence-corrected chi connectivity index (χ2v) is 10.6. The number of amides is 1. The van der Waals surface area contributed by atoms with E-state index in [4.69, 9.17) is 11.6 Å². The number of halogens is 1. The fraction of sp³-hybridized carbons (Fsp3) is 0.269. The van der Waals surface area contributed by atoms with Crippen LogP contribution in [0.4, 0.5) is 5.69 Å². The molecule has 0 aliphatic carbocycles. The minimum absolute atomic E-state index is 0.107. The van der Waals surface area contributed by atoms with Crippen molar-refractivity contribution in [2.45, 2.75) is 45.6 Å². The normalized spacial score (nSPS) is 12.3. The molecule has 3 aromatic carbocycles. The molecule has 1 amide bonds. The number of rotatable bonds is 7. The summed E-state index contributed by atoms with van der Waals surface area (Å²) in [6, 6.07) is 17.0. The number of hydrogen-bond acceptors (Lipinski definition) is 3. The molecule has 7 heteroatoms. The van der Waals surface area contributed by atoms with E-state index in [1.807, 2.05) is 20.8 Å². The lowest BCUT2D eigenvalue weighted by Crippen LogP contribution is -2.42. The Hall–Kier alpha value is -2.83. The summed E-state index contributed by atoms with van der Waals surface area (Å²) in [6.07, 6.45) is 0. The van der Waals surface area contributed by atoms with Crippen molar-refractivity contribution in [1.29, 1.82) is 0 Å². The molecule has 0 unspecified atom stereocenters.